The van der Waals surface area contributed by atoms with Crippen molar-refractivity contribution in [3.05, 3.63) is 148 Å². The van der Waals surface area contributed by atoms with Gasteiger partial charge >= 0.3 is 5.97 Å². The zero-order chi connectivity index (χ0) is 30.5. The Hall–Kier alpha value is -4.85. The fourth-order valence-corrected chi connectivity index (χ4v) is 6.07. The van der Waals surface area contributed by atoms with Crippen LogP contribution < -0.4 is 10.1 Å². The zero-order valence-corrected chi connectivity index (χ0v) is 25.3. The first kappa shape index (κ1) is 29.2. The van der Waals surface area contributed by atoms with Crippen molar-refractivity contribution in [1.29, 1.82) is 0 Å². The van der Waals surface area contributed by atoms with Gasteiger partial charge in [0.2, 0.25) is 0 Å². The molecule has 0 saturated heterocycles. The van der Waals surface area contributed by atoms with E-state index in [2.05, 4.69) is 5.32 Å². The van der Waals surface area contributed by atoms with Gasteiger partial charge in [-0.2, -0.15) is 0 Å². The van der Waals surface area contributed by atoms with Crippen LogP contribution in [-0.2, 0) is 16.0 Å². The molecule has 0 spiro atoms. The van der Waals surface area contributed by atoms with Crippen LogP contribution in [0, 0.1) is 0 Å². The predicted molar refractivity (Wildman–Crippen MR) is 173 cm³/mol. The van der Waals surface area contributed by atoms with Gasteiger partial charge in [0.25, 0.3) is 5.91 Å². The highest BCUT2D eigenvalue weighted by Crippen LogP contribution is 2.32. The van der Waals surface area contributed by atoms with E-state index in [9.17, 15) is 9.59 Å². The molecule has 1 amide bonds. The Bertz CT molecular complexity index is 1870. The number of carbonyl (C=O) groups excluding carboxylic acids is 2. The number of thiophene rings is 1. The van der Waals surface area contributed by atoms with Crippen molar-refractivity contribution < 1.29 is 23.5 Å². The predicted octanol–water partition coefficient (Wildman–Crippen LogP) is 8.50. The minimum atomic E-state index is -0.864. The number of carbonyl (C=O) groups is 2. The number of furan rings is 1. The van der Waals surface area contributed by atoms with Gasteiger partial charge in [0.15, 0.2) is 6.10 Å². The van der Waals surface area contributed by atoms with Crippen molar-refractivity contribution in [2.75, 3.05) is 7.11 Å². The lowest BCUT2D eigenvalue weighted by Gasteiger charge is -2.19. The first-order valence-corrected chi connectivity index (χ1v) is 15.2. The van der Waals surface area contributed by atoms with Crippen molar-refractivity contribution >= 4 is 44.9 Å². The van der Waals surface area contributed by atoms with E-state index in [-0.39, 0.29) is 18.4 Å². The monoisotopic (exact) mass is 621 g/mol. The van der Waals surface area contributed by atoms with E-state index in [4.69, 9.17) is 25.5 Å². The van der Waals surface area contributed by atoms with Crippen molar-refractivity contribution in [2.24, 2.45) is 0 Å². The molecule has 2 heterocycles. The SMILES string of the molecule is COC(=O)[C@H](Cc1ccc(OC(c2ccccc2)c2ccoc2)cc1)NC(=O)c1cc2cc(-c3ccc(Cl)cc3)ccc2s1. The van der Waals surface area contributed by atoms with Gasteiger partial charge in [-0.25, -0.2) is 4.79 Å². The zero-order valence-electron chi connectivity index (χ0n) is 23.7. The summed E-state index contributed by atoms with van der Waals surface area (Å²) in [6, 6.07) is 33.9. The van der Waals surface area contributed by atoms with Gasteiger partial charge in [0, 0.05) is 21.7 Å². The number of nitrogens with one attached hydrogen (secondary N) is 1. The standard InChI is InChI=1S/C36H28ClNO5S/c1-41-36(40)31(38-35(39)33-21-28-20-26(11-16-32(28)44-33)24-9-12-29(37)13-10-24)19-23-7-14-30(15-8-23)43-34(27-17-18-42-22-27)25-5-3-2-4-6-25/h2-18,20-22,31,34H,19H2,1H3,(H,38,39)/t31-,34?/m0/s1. The molecule has 1 N–H and O–H groups in total. The van der Waals surface area contributed by atoms with Crippen LogP contribution in [0.1, 0.15) is 32.5 Å². The maximum atomic E-state index is 13.3. The summed E-state index contributed by atoms with van der Waals surface area (Å²) in [7, 11) is 1.32. The fourth-order valence-electron chi connectivity index (χ4n) is 5.00. The van der Waals surface area contributed by atoms with Crippen LogP contribution in [0.15, 0.2) is 126 Å². The van der Waals surface area contributed by atoms with Gasteiger partial charge in [-0.1, -0.05) is 72.3 Å². The molecule has 220 valence electrons. The molecule has 4 aromatic carbocycles. The third kappa shape index (κ3) is 6.70. The second-order valence-electron chi connectivity index (χ2n) is 10.2. The summed E-state index contributed by atoms with van der Waals surface area (Å²) >= 11 is 7.41. The van der Waals surface area contributed by atoms with Gasteiger partial charge in [-0.15, -0.1) is 11.3 Å². The maximum Gasteiger partial charge on any atom is 0.328 e. The molecular formula is C36H28ClNO5S. The number of benzene rings is 4. The molecular weight excluding hydrogens is 594 g/mol. The highest BCUT2D eigenvalue weighted by Gasteiger charge is 2.24. The Morgan fingerprint density at radius 1 is 0.864 bits per heavy atom. The van der Waals surface area contributed by atoms with E-state index in [1.54, 1.807) is 12.5 Å². The van der Waals surface area contributed by atoms with Gasteiger partial charge in [0.05, 0.1) is 24.5 Å². The van der Waals surface area contributed by atoms with E-state index in [0.29, 0.717) is 15.6 Å². The number of hydrogen-bond acceptors (Lipinski definition) is 6. The minimum Gasteiger partial charge on any atom is -0.481 e. The second kappa shape index (κ2) is 13.2. The van der Waals surface area contributed by atoms with Crippen LogP contribution in [0.3, 0.4) is 0 Å². The second-order valence-corrected chi connectivity index (χ2v) is 11.8. The molecule has 2 aromatic heterocycles. The first-order valence-electron chi connectivity index (χ1n) is 14.0. The van der Waals surface area contributed by atoms with Gasteiger partial charge in [-0.3, -0.25) is 4.79 Å². The summed E-state index contributed by atoms with van der Waals surface area (Å²) in [6.07, 6.45) is 3.21. The minimum absolute atomic E-state index is 0.258. The Balaban J connectivity index is 1.15. The molecule has 6 aromatic rings. The van der Waals surface area contributed by atoms with Crippen molar-refractivity contribution in [2.45, 2.75) is 18.6 Å². The summed E-state index contributed by atoms with van der Waals surface area (Å²) in [6.45, 7) is 0. The molecule has 0 aliphatic heterocycles. The van der Waals surface area contributed by atoms with Crippen LogP contribution in [-0.4, -0.2) is 25.0 Å². The molecule has 1 unspecified atom stereocenters. The molecule has 2 atom stereocenters. The number of rotatable bonds is 10. The van der Waals surface area contributed by atoms with Crippen LogP contribution in [0.2, 0.25) is 5.02 Å². The topological polar surface area (TPSA) is 77.8 Å². The Kier molecular flexibility index (Phi) is 8.77. The van der Waals surface area contributed by atoms with Crippen molar-refractivity contribution in [1.82, 2.24) is 5.32 Å². The summed E-state index contributed by atoms with van der Waals surface area (Å²) in [5.41, 5.74) is 4.80. The number of esters is 1. The van der Waals surface area contributed by atoms with E-state index in [0.717, 1.165) is 37.9 Å². The average Bonchev–Trinajstić information content (AvgIpc) is 3.75. The van der Waals surface area contributed by atoms with Gasteiger partial charge in [-0.05, 0) is 76.2 Å². The lowest BCUT2D eigenvalue weighted by Crippen LogP contribution is -2.42. The van der Waals surface area contributed by atoms with Crippen molar-refractivity contribution in [3.8, 4) is 16.9 Å². The maximum absolute atomic E-state index is 13.3. The number of methoxy groups -OCH3 is 1. The average molecular weight is 622 g/mol. The fraction of sp³-hybridized carbons (Fsp3) is 0.111. The molecule has 0 saturated carbocycles. The molecule has 6 rings (SSSR count). The summed E-state index contributed by atoms with van der Waals surface area (Å²) in [4.78, 5) is 26.5. The number of amides is 1. The Labute approximate surface area is 263 Å². The largest absolute Gasteiger partial charge is 0.481 e. The summed E-state index contributed by atoms with van der Waals surface area (Å²) in [5, 5.41) is 4.50. The molecule has 0 bridgehead atoms. The summed E-state index contributed by atoms with van der Waals surface area (Å²) in [5.74, 6) is -0.194. The van der Waals surface area contributed by atoms with E-state index in [1.807, 2.05) is 109 Å². The van der Waals surface area contributed by atoms with Crippen LogP contribution >= 0.6 is 22.9 Å². The molecule has 0 aliphatic carbocycles. The number of halogens is 1. The van der Waals surface area contributed by atoms with Crippen LogP contribution in [0.25, 0.3) is 21.2 Å². The molecule has 6 nitrogen and oxygen atoms in total. The molecule has 0 fully saturated rings. The summed E-state index contributed by atoms with van der Waals surface area (Å²) < 4.78 is 17.6. The highest BCUT2D eigenvalue weighted by molar-refractivity contribution is 7.20. The van der Waals surface area contributed by atoms with Crippen LogP contribution in [0.5, 0.6) is 5.75 Å². The first-order chi connectivity index (χ1) is 21.5. The third-order valence-corrected chi connectivity index (χ3v) is 8.64. The molecule has 8 heteroatoms. The van der Waals surface area contributed by atoms with E-state index < -0.39 is 12.0 Å². The lowest BCUT2D eigenvalue weighted by molar-refractivity contribution is -0.142. The normalized spacial score (nSPS) is 12.4. The molecule has 0 radical (unpaired) electrons. The molecule has 0 aliphatic rings. The van der Waals surface area contributed by atoms with E-state index >= 15 is 0 Å². The highest BCUT2D eigenvalue weighted by atomic mass is 35.5. The van der Waals surface area contributed by atoms with Gasteiger partial charge < -0.3 is 19.2 Å². The third-order valence-electron chi connectivity index (χ3n) is 7.27. The van der Waals surface area contributed by atoms with Gasteiger partial charge in [0.1, 0.15) is 11.8 Å². The van der Waals surface area contributed by atoms with Crippen LogP contribution in [0.4, 0.5) is 0 Å². The van der Waals surface area contributed by atoms with Crippen molar-refractivity contribution in [3.63, 3.8) is 0 Å². The molecule has 44 heavy (non-hydrogen) atoms. The Morgan fingerprint density at radius 3 is 2.32 bits per heavy atom. The smallest absolute Gasteiger partial charge is 0.328 e. The number of fused-ring (bicyclic) bond motifs is 1. The number of ether oxygens (including phenoxy) is 2. The van der Waals surface area contributed by atoms with E-state index in [1.165, 1.54) is 18.4 Å². The lowest BCUT2D eigenvalue weighted by atomic mass is 10.0. The number of hydrogen-bond donors (Lipinski definition) is 1. The Morgan fingerprint density at radius 2 is 1.61 bits per heavy atom. The quantitative estimate of drug-likeness (QED) is 0.155.